The molecule has 0 aromatic rings. The minimum Gasteiger partial charge on any atom is -0.822 e. The number of rotatable bonds is 0. The first kappa shape index (κ1) is 22.6. The SMILES string of the molecule is O=P([O-])([O-])[O-].[Co+2].[Ni+2].[Ti+4]. The average molecular weight is 260 g/mol. The Morgan fingerprint density at radius 3 is 1.12 bits per heavy atom. The largest absolute Gasteiger partial charge is 4.00 e. The topological polar surface area (TPSA) is 86.2 Å². The van der Waals surface area contributed by atoms with Crippen molar-refractivity contribution >= 4 is 7.82 Å². The van der Waals surface area contributed by atoms with E-state index in [0.717, 1.165) is 0 Å². The number of phosphoric acid groups is 1. The Bertz CT molecular complexity index is 62.2. The van der Waals surface area contributed by atoms with Crippen LogP contribution >= 0.6 is 7.82 Å². The Kier molecular flexibility index (Phi) is 24.9. The first-order valence-electron chi connectivity index (χ1n) is 0.730. The van der Waals surface area contributed by atoms with Gasteiger partial charge in [-0.2, -0.15) is 7.82 Å². The van der Waals surface area contributed by atoms with E-state index in [2.05, 4.69) is 0 Å². The van der Waals surface area contributed by atoms with E-state index in [0.29, 0.717) is 0 Å². The molecule has 0 spiro atoms. The van der Waals surface area contributed by atoms with Gasteiger partial charge in [0.1, 0.15) is 0 Å². The van der Waals surface area contributed by atoms with Gasteiger partial charge in [0.25, 0.3) is 0 Å². The first-order valence-corrected chi connectivity index (χ1v) is 2.19. The van der Waals surface area contributed by atoms with Crippen LogP contribution in [0.1, 0.15) is 0 Å². The fourth-order valence-electron chi connectivity index (χ4n) is 0. The molecule has 0 fully saturated rings. The maximum Gasteiger partial charge on any atom is 4.00 e. The van der Waals surface area contributed by atoms with E-state index in [1.54, 1.807) is 0 Å². The second kappa shape index (κ2) is 8.82. The molecule has 8 heavy (non-hydrogen) atoms. The second-order valence-corrected chi connectivity index (χ2v) is 1.34. The van der Waals surface area contributed by atoms with Gasteiger partial charge in [0.2, 0.25) is 0 Å². The van der Waals surface area contributed by atoms with Crippen LogP contribution in [0, 0.1) is 0 Å². The van der Waals surface area contributed by atoms with E-state index >= 15 is 0 Å². The molecule has 0 amide bonds. The minimum absolute atomic E-state index is 0. The van der Waals surface area contributed by atoms with Crippen molar-refractivity contribution in [3.63, 3.8) is 0 Å². The molecule has 0 N–H and O–H groups in total. The van der Waals surface area contributed by atoms with Gasteiger partial charge in [-0.15, -0.1) is 0 Å². The molecular weight excluding hydrogens is 260 g/mol. The van der Waals surface area contributed by atoms with Crippen LogP contribution in [0.5, 0.6) is 0 Å². The summed E-state index contributed by atoms with van der Waals surface area (Å²) in [7, 11) is -5.39. The van der Waals surface area contributed by atoms with E-state index in [9.17, 15) is 0 Å². The van der Waals surface area contributed by atoms with Gasteiger partial charge < -0.3 is 19.2 Å². The molecule has 0 rings (SSSR count). The summed E-state index contributed by atoms with van der Waals surface area (Å²) < 4.78 is 8.55. The van der Waals surface area contributed by atoms with Gasteiger partial charge in [-0.05, 0) is 0 Å². The molecule has 0 saturated heterocycles. The summed E-state index contributed by atoms with van der Waals surface area (Å²) in [6, 6.07) is 0. The monoisotopic (exact) mass is 260 g/mol. The Morgan fingerprint density at radius 2 is 1.12 bits per heavy atom. The van der Waals surface area contributed by atoms with E-state index in [1.165, 1.54) is 0 Å². The maximum absolute atomic E-state index is 8.55. The summed E-state index contributed by atoms with van der Waals surface area (Å²) in [4.78, 5) is 25.6. The first-order chi connectivity index (χ1) is 2.00. The maximum atomic E-state index is 8.55. The van der Waals surface area contributed by atoms with E-state index in [1.807, 2.05) is 0 Å². The van der Waals surface area contributed by atoms with Crippen molar-refractivity contribution in [2.45, 2.75) is 0 Å². The average Bonchev–Trinajstić information content (AvgIpc) is 0.722. The van der Waals surface area contributed by atoms with Crippen LogP contribution in [0.4, 0.5) is 0 Å². The van der Waals surface area contributed by atoms with Crippen molar-refractivity contribution in [3.05, 3.63) is 0 Å². The van der Waals surface area contributed by atoms with E-state index in [4.69, 9.17) is 19.2 Å². The summed E-state index contributed by atoms with van der Waals surface area (Å²) in [5.74, 6) is 0. The smallest absolute Gasteiger partial charge is 0.822 e. The Labute approximate surface area is 81.7 Å². The quantitative estimate of drug-likeness (QED) is 0.347. The summed E-state index contributed by atoms with van der Waals surface area (Å²) in [6.07, 6.45) is 0. The molecule has 0 atom stereocenters. The van der Waals surface area contributed by atoms with E-state index < -0.39 is 7.82 Å². The third-order valence-electron chi connectivity index (χ3n) is 0. The van der Waals surface area contributed by atoms with Crippen molar-refractivity contribution in [2.24, 2.45) is 0 Å². The standard InChI is InChI=1S/Co.Ni.H3O4P.Ti/c;;1-5(2,3)4;/h;;(H3,1,2,3,4);/q2*+2;;+4/p-3. The van der Waals surface area contributed by atoms with Crippen LogP contribution in [-0.4, -0.2) is 0 Å². The van der Waals surface area contributed by atoms with Crippen LogP contribution < -0.4 is 14.7 Å². The molecule has 0 saturated carbocycles. The van der Waals surface area contributed by atoms with Gasteiger partial charge in [0.15, 0.2) is 0 Å². The van der Waals surface area contributed by atoms with E-state index in [-0.39, 0.29) is 55.0 Å². The molecular formula is CoNiO4PTi+5. The molecule has 0 aliphatic carbocycles. The van der Waals surface area contributed by atoms with Gasteiger partial charge in [0.05, 0.1) is 0 Å². The van der Waals surface area contributed by atoms with Crippen molar-refractivity contribution in [2.75, 3.05) is 0 Å². The molecule has 47 valence electrons. The second-order valence-electron chi connectivity index (χ2n) is 0.447. The summed E-state index contributed by atoms with van der Waals surface area (Å²) in [6.45, 7) is 0. The van der Waals surface area contributed by atoms with Crippen LogP contribution in [0.25, 0.3) is 0 Å². The van der Waals surface area contributed by atoms with Crippen molar-refractivity contribution in [3.8, 4) is 0 Å². The van der Waals surface area contributed by atoms with Gasteiger partial charge in [-0.3, -0.25) is 0 Å². The molecule has 1 radical (unpaired) electrons. The molecule has 0 aromatic heterocycles. The van der Waals surface area contributed by atoms with Crippen LogP contribution in [0.15, 0.2) is 0 Å². The van der Waals surface area contributed by atoms with Crippen LogP contribution in [0.3, 0.4) is 0 Å². The zero-order chi connectivity index (χ0) is 4.50. The Morgan fingerprint density at radius 1 is 1.12 bits per heavy atom. The van der Waals surface area contributed by atoms with Gasteiger partial charge >= 0.3 is 55.0 Å². The predicted octanol–water partition coefficient (Wildman–Crippen LogP) is -2.83. The molecule has 0 aromatic carbocycles. The summed E-state index contributed by atoms with van der Waals surface area (Å²) in [5, 5.41) is 0. The zero-order valence-corrected chi connectivity index (χ0v) is 7.71. The number of hydrogen-bond donors (Lipinski definition) is 0. The summed E-state index contributed by atoms with van der Waals surface area (Å²) >= 11 is 0. The van der Waals surface area contributed by atoms with Crippen molar-refractivity contribution in [1.82, 2.24) is 0 Å². The van der Waals surface area contributed by atoms with Crippen LogP contribution in [-0.2, 0) is 59.6 Å². The van der Waals surface area contributed by atoms with Gasteiger partial charge in [-0.25, -0.2) is 0 Å². The minimum atomic E-state index is -5.39. The molecule has 0 heterocycles. The molecule has 4 nitrogen and oxygen atoms in total. The fourth-order valence-corrected chi connectivity index (χ4v) is 0. The molecule has 0 bridgehead atoms. The fraction of sp³-hybridized carbons (Fsp3) is 0. The summed E-state index contributed by atoms with van der Waals surface area (Å²) in [5.41, 5.74) is 0. The third kappa shape index (κ3) is 109. The van der Waals surface area contributed by atoms with Crippen molar-refractivity contribution in [1.29, 1.82) is 0 Å². The van der Waals surface area contributed by atoms with Crippen molar-refractivity contribution < 1.29 is 74.2 Å². The molecule has 0 unspecified atom stereocenters. The molecule has 8 heteroatoms. The van der Waals surface area contributed by atoms with Gasteiger partial charge in [-0.1, -0.05) is 0 Å². The molecule has 0 aliphatic heterocycles. The third-order valence-corrected chi connectivity index (χ3v) is 0. The molecule has 0 aliphatic rings. The Balaban J connectivity index is -0.0000000267. The zero-order valence-electron chi connectivity index (χ0n) is 3.23. The predicted molar refractivity (Wildman–Crippen MR) is 7.61 cm³/mol. The number of hydrogen-bond acceptors (Lipinski definition) is 4. The van der Waals surface area contributed by atoms with Crippen LogP contribution in [0.2, 0.25) is 0 Å². The van der Waals surface area contributed by atoms with Gasteiger partial charge in [0, 0.05) is 0 Å². The normalized spacial score (nSPS) is 7.38. The Hall–Kier alpha value is 1.82.